The Morgan fingerprint density at radius 3 is 2.42 bits per heavy atom. The van der Waals surface area contributed by atoms with E-state index in [1.165, 1.54) is 0 Å². The molecule has 1 amide bonds. The second kappa shape index (κ2) is 6.72. The minimum absolute atomic E-state index is 0.0551. The lowest BCUT2D eigenvalue weighted by Crippen LogP contribution is -2.42. The highest BCUT2D eigenvalue weighted by atomic mass is 16.4. The number of pyridine rings is 1. The maximum atomic E-state index is 12.2. The quantitative estimate of drug-likeness (QED) is 0.323. The van der Waals surface area contributed by atoms with Crippen molar-refractivity contribution in [1.29, 1.82) is 0 Å². The van der Waals surface area contributed by atoms with Crippen molar-refractivity contribution < 1.29 is 10.0 Å². The van der Waals surface area contributed by atoms with Gasteiger partial charge in [0.25, 0.3) is 0 Å². The van der Waals surface area contributed by atoms with Crippen LogP contribution in [0.25, 0.3) is 0 Å². The standard InChI is InChI=1S/C13H20N4O2/c1-8(2)11(12(14)17-19)13(18)16-9(3)10-4-6-15-7-5-10/h4-9,11,19H,1-3H3,(H2,14,17)(H,16,18). The lowest BCUT2D eigenvalue weighted by Gasteiger charge is -2.22. The van der Waals surface area contributed by atoms with E-state index < -0.39 is 5.92 Å². The van der Waals surface area contributed by atoms with Gasteiger partial charge in [-0.25, -0.2) is 0 Å². The van der Waals surface area contributed by atoms with Crippen LogP contribution in [0.3, 0.4) is 0 Å². The third-order valence-corrected chi connectivity index (χ3v) is 2.95. The van der Waals surface area contributed by atoms with Crippen molar-refractivity contribution >= 4 is 11.7 Å². The molecule has 6 nitrogen and oxygen atoms in total. The predicted molar refractivity (Wildman–Crippen MR) is 72.5 cm³/mol. The normalized spacial score (nSPS) is 15.1. The van der Waals surface area contributed by atoms with E-state index in [9.17, 15) is 4.79 Å². The van der Waals surface area contributed by atoms with Gasteiger partial charge in [0.2, 0.25) is 5.91 Å². The highest BCUT2D eigenvalue weighted by Crippen LogP contribution is 2.15. The number of carbonyl (C=O) groups excluding carboxylic acids is 1. The number of oxime groups is 1. The van der Waals surface area contributed by atoms with Gasteiger partial charge in [0.15, 0.2) is 5.84 Å². The number of nitrogens with two attached hydrogens (primary N) is 1. The van der Waals surface area contributed by atoms with Gasteiger partial charge < -0.3 is 16.3 Å². The van der Waals surface area contributed by atoms with Crippen LogP contribution in [0.1, 0.15) is 32.4 Å². The van der Waals surface area contributed by atoms with Gasteiger partial charge in [0.05, 0.1) is 6.04 Å². The van der Waals surface area contributed by atoms with E-state index in [4.69, 9.17) is 10.9 Å². The van der Waals surface area contributed by atoms with Gasteiger partial charge in [-0.05, 0) is 30.5 Å². The smallest absolute Gasteiger partial charge is 0.231 e. The number of carbonyl (C=O) groups is 1. The average Bonchev–Trinajstić information content (AvgIpc) is 2.39. The van der Waals surface area contributed by atoms with Crippen molar-refractivity contribution in [2.45, 2.75) is 26.8 Å². The first-order chi connectivity index (χ1) is 8.97. The number of rotatable bonds is 5. The lowest BCUT2D eigenvalue weighted by molar-refractivity contribution is -0.124. The van der Waals surface area contributed by atoms with Crippen LogP contribution < -0.4 is 11.1 Å². The molecular formula is C13H20N4O2. The topological polar surface area (TPSA) is 101 Å². The molecule has 0 saturated carbocycles. The van der Waals surface area contributed by atoms with Crippen LogP contribution in [-0.2, 0) is 4.79 Å². The summed E-state index contributed by atoms with van der Waals surface area (Å²) in [6.07, 6.45) is 3.34. The fourth-order valence-electron chi connectivity index (χ4n) is 1.88. The number of hydrogen-bond acceptors (Lipinski definition) is 4. The number of aromatic nitrogens is 1. The highest BCUT2D eigenvalue weighted by molar-refractivity contribution is 6.02. The molecule has 104 valence electrons. The molecule has 0 aromatic carbocycles. The Bertz CT molecular complexity index is 445. The van der Waals surface area contributed by atoms with Gasteiger partial charge in [0.1, 0.15) is 5.92 Å². The molecular weight excluding hydrogens is 244 g/mol. The van der Waals surface area contributed by atoms with E-state index in [0.29, 0.717) is 0 Å². The average molecular weight is 264 g/mol. The van der Waals surface area contributed by atoms with E-state index >= 15 is 0 Å². The molecule has 1 aromatic rings. The molecule has 6 heteroatoms. The zero-order chi connectivity index (χ0) is 14.4. The van der Waals surface area contributed by atoms with Crippen LogP contribution in [0, 0.1) is 11.8 Å². The monoisotopic (exact) mass is 264 g/mol. The Hall–Kier alpha value is -2.11. The molecule has 4 N–H and O–H groups in total. The molecule has 0 radical (unpaired) electrons. The summed E-state index contributed by atoms with van der Waals surface area (Å²) < 4.78 is 0. The van der Waals surface area contributed by atoms with E-state index in [1.54, 1.807) is 12.4 Å². The molecule has 0 aliphatic heterocycles. The largest absolute Gasteiger partial charge is 0.409 e. The van der Waals surface area contributed by atoms with Crippen LogP contribution >= 0.6 is 0 Å². The summed E-state index contributed by atoms with van der Waals surface area (Å²) in [7, 11) is 0. The number of nitrogens with one attached hydrogen (secondary N) is 1. The van der Waals surface area contributed by atoms with Crippen molar-refractivity contribution in [3.05, 3.63) is 30.1 Å². The second-order valence-electron chi connectivity index (χ2n) is 4.76. The maximum Gasteiger partial charge on any atom is 0.231 e. The Morgan fingerprint density at radius 1 is 1.37 bits per heavy atom. The summed E-state index contributed by atoms with van der Waals surface area (Å²) in [6.45, 7) is 5.57. The summed E-state index contributed by atoms with van der Waals surface area (Å²) in [5, 5.41) is 14.5. The van der Waals surface area contributed by atoms with Crippen LogP contribution in [0.4, 0.5) is 0 Å². The number of amidine groups is 1. The van der Waals surface area contributed by atoms with Gasteiger partial charge >= 0.3 is 0 Å². The summed E-state index contributed by atoms with van der Waals surface area (Å²) in [5.74, 6) is -1.03. The molecule has 2 atom stereocenters. The summed E-state index contributed by atoms with van der Waals surface area (Å²) in [4.78, 5) is 16.1. The molecule has 0 bridgehead atoms. The van der Waals surface area contributed by atoms with Crippen LogP contribution in [0.5, 0.6) is 0 Å². The summed E-state index contributed by atoms with van der Waals surface area (Å²) >= 11 is 0. The first kappa shape index (κ1) is 14.9. The fourth-order valence-corrected chi connectivity index (χ4v) is 1.88. The van der Waals surface area contributed by atoms with Gasteiger partial charge in [0, 0.05) is 12.4 Å². The number of nitrogens with zero attached hydrogens (tertiary/aromatic N) is 2. The summed E-state index contributed by atoms with van der Waals surface area (Å²) in [6, 6.07) is 3.50. The minimum atomic E-state index is -0.644. The van der Waals surface area contributed by atoms with Crippen molar-refractivity contribution in [2.75, 3.05) is 0 Å². The lowest BCUT2D eigenvalue weighted by atomic mass is 9.93. The SMILES string of the molecule is CC(NC(=O)C(C(N)=NO)C(C)C)c1ccncc1. The Kier molecular flexibility index (Phi) is 5.29. The molecule has 0 fully saturated rings. The van der Waals surface area contributed by atoms with Crippen LogP contribution in [-0.4, -0.2) is 21.9 Å². The maximum absolute atomic E-state index is 12.2. The van der Waals surface area contributed by atoms with Gasteiger partial charge in [-0.1, -0.05) is 19.0 Å². The molecule has 0 aliphatic rings. The molecule has 1 aromatic heterocycles. The van der Waals surface area contributed by atoms with E-state index in [2.05, 4.69) is 15.5 Å². The zero-order valence-corrected chi connectivity index (χ0v) is 11.4. The molecule has 0 saturated heterocycles. The van der Waals surface area contributed by atoms with Gasteiger partial charge in [-0.2, -0.15) is 0 Å². The van der Waals surface area contributed by atoms with Crippen molar-refractivity contribution in [3.8, 4) is 0 Å². The molecule has 2 unspecified atom stereocenters. The molecule has 0 aliphatic carbocycles. The predicted octanol–water partition coefficient (Wildman–Crippen LogP) is 1.28. The molecule has 1 heterocycles. The van der Waals surface area contributed by atoms with E-state index in [0.717, 1.165) is 5.56 Å². The minimum Gasteiger partial charge on any atom is -0.409 e. The molecule has 0 spiro atoms. The van der Waals surface area contributed by atoms with Gasteiger partial charge in [-0.3, -0.25) is 9.78 Å². The van der Waals surface area contributed by atoms with Crippen molar-refractivity contribution in [1.82, 2.24) is 10.3 Å². The Labute approximate surface area is 112 Å². The van der Waals surface area contributed by atoms with E-state index in [-0.39, 0.29) is 23.7 Å². The number of amides is 1. The third kappa shape index (κ3) is 3.94. The Morgan fingerprint density at radius 2 is 1.95 bits per heavy atom. The van der Waals surface area contributed by atoms with Crippen LogP contribution in [0.15, 0.2) is 29.7 Å². The first-order valence-electron chi connectivity index (χ1n) is 6.15. The highest BCUT2D eigenvalue weighted by Gasteiger charge is 2.27. The molecule has 19 heavy (non-hydrogen) atoms. The van der Waals surface area contributed by atoms with Gasteiger partial charge in [-0.15, -0.1) is 0 Å². The summed E-state index contributed by atoms with van der Waals surface area (Å²) in [5.41, 5.74) is 6.51. The Balaban J connectivity index is 2.78. The van der Waals surface area contributed by atoms with Crippen molar-refractivity contribution in [3.63, 3.8) is 0 Å². The van der Waals surface area contributed by atoms with Crippen molar-refractivity contribution in [2.24, 2.45) is 22.7 Å². The molecule has 1 rings (SSSR count). The second-order valence-corrected chi connectivity index (χ2v) is 4.76. The number of hydrogen-bond donors (Lipinski definition) is 3. The van der Waals surface area contributed by atoms with Crippen LogP contribution in [0.2, 0.25) is 0 Å². The van der Waals surface area contributed by atoms with E-state index in [1.807, 2.05) is 32.9 Å². The zero-order valence-electron chi connectivity index (χ0n) is 11.4. The third-order valence-electron chi connectivity index (χ3n) is 2.95. The first-order valence-corrected chi connectivity index (χ1v) is 6.15. The fraction of sp³-hybridized carbons (Fsp3) is 0.462.